The fraction of sp³-hybridized carbons (Fsp3) is 0.458. The van der Waals surface area contributed by atoms with Crippen molar-refractivity contribution in [3.8, 4) is 0 Å². The van der Waals surface area contributed by atoms with Crippen molar-refractivity contribution < 1.29 is 24.3 Å². The fourth-order valence-electron chi connectivity index (χ4n) is 4.96. The van der Waals surface area contributed by atoms with Crippen molar-refractivity contribution in [3.05, 3.63) is 62.1 Å². The third-order valence-electron chi connectivity index (χ3n) is 7.06. The molecule has 0 spiro atoms. The third-order valence-corrected chi connectivity index (χ3v) is 7.06. The molecule has 2 atom stereocenters. The van der Waals surface area contributed by atoms with Gasteiger partial charge in [0.25, 0.3) is 0 Å². The third kappa shape index (κ3) is 4.79. The first kappa shape index (κ1) is 24.8. The van der Waals surface area contributed by atoms with E-state index in [9.17, 15) is 29.9 Å². The van der Waals surface area contributed by atoms with Gasteiger partial charge in [-0.2, -0.15) is 0 Å². The number of anilines is 1. The predicted octanol–water partition coefficient (Wildman–Crippen LogP) is 1.82. The van der Waals surface area contributed by atoms with Gasteiger partial charge in [-0.3, -0.25) is 4.79 Å². The van der Waals surface area contributed by atoms with Crippen molar-refractivity contribution in [3.63, 3.8) is 0 Å². The zero-order valence-corrected chi connectivity index (χ0v) is 20.1. The highest BCUT2D eigenvalue weighted by atomic mass is 19.1. The standard InChI is InChI=1S/C24H27FN6O6/c1-13-26-9-22(31(36)37)29(13)11-16(32)8-27-14-4-5-28(10-14)21-7-20-17(6-19(21)25)23(33)18(24(34)35)12-30(20)15-2-3-15/h6-7,9,12,14-16,27,32H,2-5,8,10-11H2,1H3,(H,34,35). The van der Waals surface area contributed by atoms with Crippen molar-refractivity contribution in [2.24, 2.45) is 0 Å². The minimum Gasteiger partial charge on any atom is -0.477 e. The van der Waals surface area contributed by atoms with Crippen LogP contribution in [0, 0.1) is 22.9 Å². The Kier molecular flexibility index (Phi) is 6.42. The average molecular weight is 515 g/mol. The number of aliphatic hydroxyl groups is 1. The second-order valence-corrected chi connectivity index (χ2v) is 9.66. The summed E-state index contributed by atoms with van der Waals surface area (Å²) in [4.78, 5) is 40.6. The van der Waals surface area contributed by atoms with Crippen molar-refractivity contribution in [1.82, 2.24) is 19.4 Å². The highest BCUT2D eigenvalue weighted by molar-refractivity contribution is 5.93. The Hall–Kier alpha value is -3.84. The lowest BCUT2D eigenvalue weighted by Crippen LogP contribution is -2.39. The number of hydrogen-bond acceptors (Lipinski definition) is 8. The Morgan fingerprint density at radius 1 is 1.35 bits per heavy atom. The second kappa shape index (κ2) is 9.56. The van der Waals surface area contributed by atoms with Gasteiger partial charge in [0, 0.05) is 50.2 Å². The Morgan fingerprint density at radius 3 is 2.78 bits per heavy atom. The number of benzene rings is 1. The van der Waals surface area contributed by atoms with Crippen LogP contribution in [-0.2, 0) is 6.54 Å². The first-order valence-electron chi connectivity index (χ1n) is 12.1. The molecule has 12 nitrogen and oxygen atoms in total. The molecule has 5 rings (SSSR count). The number of aryl methyl sites for hydroxylation is 1. The summed E-state index contributed by atoms with van der Waals surface area (Å²) in [5.41, 5.74) is -0.225. The van der Waals surface area contributed by atoms with Crippen LogP contribution in [0.25, 0.3) is 10.9 Å². The van der Waals surface area contributed by atoms with Crippen molar-refractivity contribution in [2.75, 3.05) is 24.5 Å². The smallest absolute Gasteiger partial charge is 0.342 e. The lowest BCUT2D eigenvalue weighted by Gasteiger charge is -2.22. The van der Waals surface area contributed by atoms with Gasteiger partial charge in [0.1, 0.15) is 30.2 Å². The van der Waals surface area contributed by atoms with Crippen LogP contribution in [0.5, 0.6) is 0 Å². The summed E-state index contributed by atoms with van der Waals surface area (Å²) in [7, 11) is 0. The topological polar surface area (TPSA) is 156 Å². The number of aromatic carboxylic acids is 1. The maximum absolute atomic E-state index is 15.2. The molecule has 0 bridgehead atoms. The largest absolute Gasteiger partial charge is 0.477 e. The maximum atomic E-state index is 15.2. The molecule has 1 saturated carbocycles. The van der Waals surface area contributed by atoms with E-state index in [-0.39, 0.29) is 41.9 Å². The van der Waals surface area contributed by atoms with Crippen molar-refractivity contribution in [2.45, 2.75) is 50.9 Å². The van der Waals surface area contributed by atoms with Crippen LogP contribution in [0.1, 0.15) is 41.5 Å². The molecule has 1 aliphatic carbocycles. The quantitative estimate of drug-likeness (QED) is 0.286. The van der Waals surface area contributed by atoms with Crippen LogP contribution in [-0.4, -0.2) is 67.0 Å². The van der Waals surface area contributed by atoms with Crippen LogP contribution >= 0.6 is 0 Å². The van der Waals surface area contributed by atoms with E-state index in [0.717, 1.165) is 25.1 Å². The van der Waals surface area contributed by atoms with Gasteiger partial charge in [-0.05, 0) is 36.3 Å². The van der Waals surface area contributed by atoms with Gasteiger partial charge in [-0.25, -0.2) is 18.7 Å². The lowest BCUT2D eigenvalue weighted by molar-refractivity contribution is -0.392. The molecule has 13 heteroatoms. The van der Waals surface area contributed by atoms with E-state index in [1.807, 2.05) is 4.90 Å². The molecule has 2 unspecified atom stereocenters. The number of hydrogen-bond donors (Lipinski definition) is 3. The normalized spacial score (nSPS) is 18.5. The van der Waals surface area contributed by atoms with E-state index in [2.05, 4.69) is 10.3 Å². The van der Waals surface area contributed by atoms with Gasteiger partial charge in [0.2, 0.25) is 5.43 Å². The number of aliphatic hydroxyl groups excluding tert-OH is 1. The summed E-state index contributed by atoms with van der Waals surface area (Å²) in [5.74, 6) is -1.68. The molecule has 2 aliphatic rings. The maximum Gasteiger partial charge on any atom is 0.342 e. The number of imidazole rings is 1. The van der Waals surface area contributed by atoms with Gasteiger partial charge < -0.3 is 35.1 Å². The van der Waals surface area contributed by atoms with Crippen molar-refractivity contribution >= 4 is 28.4 Å². The molecule has 3 heterocycles. The average Bonchev–Trinajstić information content (AvgIpc) is 3.47. The number of aromatic nitrogens is 3. The van der Waals surface area contributed by atoms with E-state index in [1.165, 1.54) is 10.8 Å². The van der Waals surface area contributed by atoms with E-state index in [1.54, 1.807) is 17.6 Å². The number of halogens is 1. The molecule has 1 aromatic carbocycles. The number of fused-ring (bicyclic) bond motifs is 1. The molecule has 0 amide bonds. The minimum absolute atomic E-state index is 0.0158. The molecule has 2 aromatic heterocycles. The highest BCUT2D eigenvalue weighted by Gasteiger charge is 2.30. The molecule has 3 aromatic rings. The summed E-state index contributed by atoms with van der Waals surface area (Å²) in [6.07, 6.45) is 4.03. The lowest BCUT2D eigenvalue weighted by atomic mass is 10.1. The number of rotatable bonds is 9. The SMILES string of the molecule is Cc1ncc([N+](=O)[O-])n1CC(O)CNC1CCN(c2cc3c(cc2F)c(=O)c(C(=O)O)cn3C2CC2)C1. The number of nitrogens with one attached hydrogen (secondary N) is 1. The minimum atomic E-state index is -1.33. The number of carboxylic acid groups (broad SMARTS) is 1. The molecule has 1 saturated heterocycles. The highest BCUT2D eigenvalue weighted by Crippen LogP contribution is 2.38. The number of carboxylic acids is 1. The Morgan fingerprint density at radius 2 is 2.11 bits per heavy atom. The molecule has 1 aliphatic heterocycles. The molecule has 0 radical (unpaired) electrons. The molecule has 2 fully saturated rings. The summed E-state index contributed by atoms with van der Waals surface area (Å²) < 4.78 is 18.3. The zero-order valence-electron chi connectivity index (χ0n) is 20.1. The summed E-state index contributed by atoms with van der Waals surface area (Å²) in [6.45, 7) is 2.84. The number of nitrogens with zero attached hydrogens (tertiary/aromatic N) is 5. The van der Waals surface area contributed by atoms with Crippen LogP contribution in [0.3, 0.4) is 0 Å². The second-order valence-electron chi connectivity index (χ2n) is 9.66. The molecule has 3 N–H and O–H groups in total. The van der Waals surface area contributed by atoms with E-state index < -0.39 is 28.2 Å². The first-order valence-corrected chi connectivity index (χ1v) is 12.1. The van der Waals surface area contributed by atoms with Gasteiger partial charge in [-0.15, -0.1) is 0 Å². The Bertz CT molecular complexity index is 1450. The summed E-state index contributed by atoms with van der Waals surface area (Å²) in [5, 5.41) is 34.3. The number of carbonyl (C=O) groups is 1. The Labute approximate surface area is 210 Å². The number of pyridine rings is 1. The molecule has 37 heavy (non-hydrogen) atoms. The number of nitro groups is 1. The van der Waals surface area contributed by atoms with Crippen LogP contribution in [0.2, 0.25) is 0 Å². The van der Waals surface area contributed by atoms with Crippen LogP contribution < -0.4 is 15.6 Å². The van der Waals surface area contributed by atoms with Crippen LogP contribution in [0.15, 0.2) is 29.3 Å². The predicted molar refractivity (Wildman–Crippen MR) is 132 cm³/mol. The van der Waals surface area contributed by atoms with Gasteiger partial charge in [-0.1, -0.05) is 0 Å². The van der Waals surface area contributed by atoms with Gasteiger partial charge in [0.15, 0.2) is 5.82 Å². The summed E-state index contributed by atoms with van der Waals surface area (Å²) in [6, 6.07) is 2.78. The van der Waals surface area contributed by atoms with E-state index in [0.29, 0.717) is 36.5 Å². The zero-order chi connectivity index (χ0) is 26.4. The first-order chi connectivity index (χ1) is 17.6. The van der Waals surface area contributed by atoms with Crippen molar-refractivity contribution in [1.29, 1.82) is 0 Å². The fourth-order valence-corrected chi connectivity index (χ4v) is 4.96. The van der Waals surface area contributed by atoms with E-state index in [4.69, 9.17) is 0 Å². The summed E-state index contributed by atoms with van der Waals surface area (Å²) >= 11 is 0. The van der Waals surface area contributed by atoms with E-state index >= 15 is 4.39 Å². The van der Waals surface area contributed by atoms with Gasteiger partial charge in [0.05, 0.1) is 11.2 Å². The molecule has 196 valence electrons. The van der Waals surface area contributed by atoms with Gasteiger partial charge >= 0.3 is 11.8 Å². The Balaban J connectivity index is 1.30. The molecular weight excluding hydrogens is 487 g/mol. The monoisotopic (exact) mass is 514 g/mol. The van der Waals surface area contributed by atoms with Crippen LogP contribution in [0.4, 0.5) is 15.9 Å². The molecular formula is C24H27FN6O6.